The van der Waals surface area contributed by atoms with Crippen molar-refractivity contribution in [1.82, 2.24) is 29.2 Å². The molecule has 0 N–H and O–H groups in total. The van der Waals surface area contributed by atoms with Crippen molar-refractivity contribution in [2.45, 2.75) is 13.0 Å². The third kappa shape index (κ3) is 3.65. The summed E-state index contributed by atoms with van der Waals surface area (Å²) in [5.41, 5.74) is 5.78. The van der Waals surface area contributed by atoms with Gasteiger partial charge >= 0.3 is 0 Å². The van der Waals surface area contributed by atoms with E-state index in [0.717, 1.165) is 64.8 Å². The van der Waals surface area contributed by atoms with E-state index in [1.807, 2.05) is 42.6 Å². The topological polar surface area (TPSA) is 56.1 Å². The molecule has 0 bridgehead atoms. The van der Waals surface area contributed by atoms with Gasteiger partial charge in [-0.2, -0.15) is 5.10 Å². The zero-order chi connectivity index (χ0) is 24.1. The van der Waals surface area contributed by atoms with E-state index in [-0.39, 0.29) is 5.69 Å². The van der Waals surface area contributed by atoms with Gasteiger partial charge < -0.3 is 9.47 Å². The number of hydrogen-bond donors (Lipinski definition) is 0. The number of likely N-dealkylation sites (tertiary alicyclic amines) is 1. The largest absolute Gasteiger partial charge is 0.329 e. The third-order valence-corrected chi connectivity index (χ3v) is 6.99. The van der Waals surface area contributed by atoms with Gasteiger partial charge in [0.2, 0.25) is 5.69 Å². The zero-order valence-corrected chi connectivity index (χ0v) is 19.6. The van der Waals surface area contributed by atoms with Gasteiger partial charge in [-0.05, 0) is 49.7 Å². The molecule has 35 heavy (non-hydrogen) atoms. The van der Waals surface area contributed by atoms with E-state index >= 15 is 0 Å². The number of pyridine rings is 1. The first-order valence-corrected chi connectivity index (χ1v) is 11.6. The Labute approximate surface area is 202 Å². The number of imidazole rings is 1. The molecule has 0 saturated carbocycles. The maximum atomic E-state index is 14.7. The molecule has 0 radical (unpaired) electrons. The molecule has 2 aromatic carbocycles. The number of aryl methyl sites for hydroxylation is 1. The fourth-order valence-electron chi connectivity index (χ4n) is 5.18. The van der Waals surface area contributed by atoms with Crippen LogP contribution >= 0.6 is 0 Å². The van der Waals surface area contributed by atoms with E-state index in [4.69, 9.17) is 16.5 Å². The van der Waals surface area contributed by atoms with Crippen molar-refractivity contribution in [1.29, 1.82) is 0 Å². The second-order valence-electron chi connectivity index (χ2n) is 9.35. The smallest absolute Gasteiger partial charge is 0.222 e. The summed E-state index contributed by atoms with van der Waals surface area (Å²) < 4.78 is 18.7. The zero-order valence-electron chi connectivity index (χ0n) is 19.6. The second-order valence-corrected chi connectivity index (χ2v) is 9.35. The normalized spacial score (nSPS) is 16.3. The van der Waals surface area contributed by atoms with Crippen LogP contribution in [0.4, 0.5) is 10.1 Å². The number of halogens is 1. The molecule has 7 nitrogen and oxygen atoms in total. The summed E-state index contributed by atoms with van der Waals surface area (Å²) in [6, 6.07) is 10.8. The Morgan fingerprint density at radius 1 is 1.06 bits per heavy atom. The lowest BCUT2D eigenvalue weighted by atomic mass is 9.97. The minimum atomic E-state index is -0.545. The highest BCUT2D eigenvalue weighted by Crippen LogP contribution is 2.38. The van der Waals surface area contributed by atoms with Crippen molar-refractivity contribution in [2.75, 3.05) is 20.1 Å². The van der Waals surface area contributed by atoms with Crippen molar-refractivity contribution in [3.8, 4) is 22.4 Å². The molecule has 1 aliphatic rings. The maximum absolute atomic E-state index is 14.7. The Hall–Kier alpha value is -4.09. The van der Waals surface area contributed by atoms with Crippen LogP contribution in [-0.4, -0.2) is 49.4 Å². The van der Waals surface area contributed by atoms with E-state index in [1.54, 1.807) is 6.07 Å². The number of aromatic nitrogens is 5. The molecule has 8 heteroatoms. The molecule has 3 aromatic heterocycles. The molecule has 1 aliphatic heterocycles. The van der Waals surface area contributed by atoms with E-state index in [1.165, 1.54) is 12.1 Å². The molecule has 5 aromatic rings. The molecule has 6 rings (SSSR count). The summed E-state index contributed by atoms with van der Waals surface area (Å²) in [5, 5.41) is 5.35. The Morgan fingerprint density at radius 2 is 1.91 bits per heavy atom. The van der Waals surface area contributed by atoms with Crippen molar-refractivity contribution < 1.29 is 4.39 Å². The van der Waals surface area contributed by atoms with Crippen LogP contribution in [0.1, 0.15) is 6.42 Å². The molecular formula is C27H24FN7. The first kappa shape index (κ1) is 21.4. The van der Waals surface area contributed by atoms with Crippen molar-refractivity contribution in [3.63, 3.8) is 0 Å². The van der Waals surface area contributed by atoms with Crippen LogP contribution in [0.3, 0.4) is 0 Å². The first-order chi connectivity index (χ1) is 17.0. The number of benzene rings is 2. The molecule has 4 heterocycles. The van der Waals surface area contributed by atoms with Crippen molar-refractivity contribution in [2.24, 2.45) is 13.0 Å². The minimum Gasteiger partial charge on any atom is -0.329 e. The molecule has 0 unspecified atom stereocenters. The van der Waals surface area contributed by atoms with E-state index in [2.05, 4.69) is 32.5 Å². The summed E-state index contributed by atoms with van der Waals surface area (Å²) in [6.07, 6.45) is 6.72. The second kappa shape index (κ2) is 8.29. The van der Waals surface area contributed by atoms with Crippen LogP contribution in [0, 0.1) is 18.3 Å². The Balaban J connectivity index is 1.54. The summed E-state index contributed by atoms with van der Waals surface area (Å²) >= 11 is 0. The van der Waals surface area contributed by atoms with Crippen LogP contribution < -0.4 is 0 Å². The predicted molar refractivity (Wildman–Crippen MR) is 134 cm³/mol. The van der Waals surface area contributed by atoms with Gasteiger partial charge in [0.05, 0.1) is 42.0 Å². The van der Waals surface area contributed by atoms with Crippen LogP contribution in [-0.2, 0) is 13.6 Å². The Kier molecular flexibility index (Phi) is 5.08. The van der Waals surface area contributed by atoms with Gasteiger partial charge in [0, 0.05) is 36.7 Å². The van der Waals surface area contributed by atoms with Gasteiger partial charge in [-0.25, -0.2) is 14.2 Å². The first-order valence-electron chi connectivity index (χ1n) is 11.6. The average Bonchev–Trinajstić information content (AvgIpc) is 3.57. The van der Waals surface area contributed by atoms with Gasteiger partial charge in [-0.1, -0.05) is 18.2 Å². The van der Waals surface area contributed by atoms with Crippen LogP contribution in [0.25, 0.3) is 49.2 Å². The SMILES string of the molecule is [C-]#[N+]c1ccc(-c2c(-c3ccc4c(cnn4C)c3)ncc3c2ncn3C[C@H]2CCN(C)C2)cc1F. The molecule has 174 valence electrons. The minimum absolute atomic E-state index is 0.00287. The standard InChI is InChI=1S/C27H24FN7/c1-29-22-6-4-18(11-21(22)28)25-26(19-5-7-23-20(10-19)12-32-34(23)3)30-13-24-27(25)31-16-35(24)15-17-8-9-33(2)14-17/h4-7,10-13,16-17H,8-9,14-15H2,2-3H3/t17-/m0/s1. The van der Waals surface area contributed by atoms with E-state index in [0.29, 0.717) is 11.5 Å². The van der Waals surface area contributed by atoms with E-state index < -0.39 is 5.82 Å². The Bertz CT molecular complexity index is 1620. The molecule has 0 spiro atoms. The quantitative estimate of drug-likeness (QED) is 0.338. The molecule has 0 aliphatic carbocycles. The number of hydrogen-bond acceptors (Lipinski definition) is 4. The van der Waals surface area contributed by atoms with Crippen LogP contribution in [0.2, 0.25) is 0 Å². The van der Waals surface area contributed by atoms with E-state index in [9.17, 15) is 4.39 Å². The van der Waals surface area contributed by atoms with Crippen LogP contribution in [0.15, 0.2) is 55.1 Å². The lowest BCUT2D eigenvalue weighted by molar-refractivity contribution is 0.379. The maximum Gasteiger partial charge on any atom is 0.222 e. The van der Waals surface area contributed by atoms with Gasteiger partial charge in [-0.15, -0.1) is 0 Å². The highest BCUT2D eigenvalue weighted by atomic mass is 19.1. The highest BCUT2D eigenvalue weighted by molar-refractivity contribution is 6.00. The summed E-state index contributed by atoms with van der Waals surface area (Å²) in [5.74, 6) is 0.0143. The van der Waals surface area contributed by atoms with Gasteiger partial charge in [-0.3, -0.25) is 9.67 Å². The average molecular weight is 466 g/mol. The van der Waals surface area contributed by atoms with Gasteiger partial charge in [0.25, 0.3) is 0 Å². The summed E-state index contributed by atoms with van der Waals surface area (Å²) in [4.78, 5) is 15.3. The summed E-state index contributed by atoms with van der Waals surface area (Å²) in [6.45, 7) is 10.3. The fraction of sp³-hybridized carbons (Fsp3) is 0.259. The van der Waals surface area contributed by atoms with Gasteiger partial charge in [0.15, 0.2) is 0 Å². The molecule has 0 amide bonds. The lowest BCUT2D eigenvalue weighted by Gasteiger charge is -2.14. The molecule has 1 atom stereocenters. The number of nitrogens with zero attached hydrogens (tertiary/aromatic N) is 7. The monoisotopic (exact) mass is 465 g/mol. The summed E-state index contributed by atoms with van der Waals surface area (Å²) in [7, 11) is 4.06. The van der Waals surface area contributed by atoms with Crippen molar-refractivity contribution in [3.05, 3.63) is 72.4 Å². The van der Waals surface area contributed by atoms with Crippen LogP contribution in [0.5, 0.6) is 0 Å². The highest BCUT2D eigenvalue weighted by Gasteiger charge is 2.23. The Morgan fingerprint density at radius 3 is 2.69 bits per heavy atom. The third-order valence-electron chi connectivity index (χ3n) is 6.99. The number of rotatable bonds is 4. The number of fused-ring (bicyclic) bond motifs is 2. The van der Waals surface area contributed by atoms with Crippen molar-refractivity contribution >= 4 is 27.6 Å². The molecule has 1 saturated heterocycles. The van der Waals surface area contributed by atoms with Gasteiger partial charge in [0.1, 0.15) is 11.3 Å². The predicted octanol–water partition coefficient (Wildman–Crippen LogP) is 5.29. The molecular weight excluding hydrogens is 441 g/mol. The lowest BCUT2D eigenvalue weighted by Crippen LogP contribution is -2.16. The fourth-order valence-corrected chi connectivity index (χ4v) is 5.18. The molecule has 1 fully saturated rings.